The molecule has 1 aliphatic heterocycles. The first-order chi connectivity index (χ1) is 9.58. The van der Waals surface area contributed by atoms with Crippen LogP contribution < -0.4 is 11.1 Å². The Morgan fingerprint density at radius 1 is 1.60 bits per heavy atom. The first kappa shape index (κ1) is 15.0. The van der Waals surface area contributed by atoms with Gasteiger partial charge in [-0.15, -0.1) is 11.3 Å². The number of piperazine rings is 1. The Morgan fingerprint density at radius 2 is 2.40 bits per heavy atom. The number of nitrogens with two attached hydrogens (primary N) is 1. The molecule has 1 fully saturated rings. The number of hydrogen-bond donors (Lipinski definition) is 2. The van der Waals surface area contributed by atoms with Gasteiger partial charge in [0.15, 0.2) is 0 Å². The maximum atomic E-state index is 12.2. The highest BCUT2D eigenvalue weighted by molar-refractivity contribution is 7.09. The van der Waals surface area contributed by atoms with Crippen LogP contribution in [0.4, 0.5) is 0 Å². The van der Waals surface area contributed by atoms with E-state index in [1.54, 1.807) is 23.3 Å². The Kier molecular flexibility index (Phi) is 5.11. The lowest BCUT2D eigenvalue weighted by molar-refractivity contribution is -0.134. The van der Waals surface area contributed by atoms with Crippen LogP contribution in [0.2, 0.25) is 0 Å². The molecule has 0 aliphatic carbocycles. The van der Waals surface area contributed by atoms with Gasteiger partial charge in [0.2, 0.25) is 11.8 Å². The molecule has 110 valence electrons. The number of primary amides is 1. The van der Waals surface area contributed by atoms with Gasteiger partial charge in [0.1, 0.15) is 6.04 Å². The SMILES string of the molecule is CN(Cc1cccs1)C(=O)CN1CCNCC1C(N)=O. The molecule has 2 amide bonds. The predicted octanol–water partition coefficient (Wildman–Crippen LogP) is -0.534. The van der Waals surface area contributed by atoms with Crippen molar-refractivity contribution < 1.29 is 9.59 Å². The number of hydrogen-bond acceptors (Lipinski definition) is 5. The van der Waals surface area contributed by atoms with Gasteiger partial charge in [-0.05, 0) is 11.4 Å². The molecular formula is C13H20N4O2S. The zero-order valence-electron chi connectivity index (χ0n) is 11.5. The molecule has 6 nitrogen and oxygen atoms in total. The third-order valence-corrected chi connectivity index (χ3v) is 4.28. The van der Waals surface area contributed by atoms with Crippen LogP contribution in [0.1, 0.15) is 4.88 Å². The summed E-state index contributed by atoms with van der Waals surface area (Å²) in [5, 5.41) is 5.11. The number of amides is 2. The average Bonchev–Trinajstić information content (AvgIpc) is 2.91. The van der Waals surface area contributed by atoms with Crippen LogP contribution in [0.25, 0.3) is 0 Å². The van der Waals surface area contributed by atoms with Gasteiger partial charge >= 0.3 is 0 Å². The molecular weight excluding hydrogens is 276 g/mol. The van der Waals surface area contributed by atoms with E-state index in [1.165, 1.54) is 0 Å². The van der Waals surface area contributed by atoms with Crippen molar-refractivity contribution in [3.8, 4) is 0 Å². The van der Waals surface area contributed by atoms with Gasteiger partial charge in [-0.3, -0.25) is 14.5 Å². The summed E-state index contributed by atoms with van der Waals surface area (Å²) in [7, 11) is 1.78. The standard InChI is InChI=1S/C13H20N4O2S/c1-16(8-10-3-2-6-20-10)12(18)9-17-5-4-15-7-11(17)13(14)19/h2-3,6,11,15H,4-5,7-9H2,1H3,(H2,14,19). The molecule has 2 rings (SSSR count). The van der Waals surface area contributed by atoms with E-state index in [2.05, 4.69) is 5.32 Å². The third-order valence-electron chi connectivity index (χ3n) is 3.42. The fourth-order valence-corrected chi connectivity index (χ4v) is 2.99. The number of likely N-dealkylation sites (N-methyl/N-ethyl adjacent to an activating group) is 1. The van der Waals surface area contributed by atoms with Gasteiger partial charge in [-0.1, -0.05) is 6.07 Å². The second-order valence-corrected chi connectivity index (χ2v) is 5.95. The summed E-state index contributed by atoms with van der Waals surface area (Å²) >= 11 is 1.63. The first-order valence-corrected chi connectivity index (χ1v) is 7.46. The summed E-state index contributed by atoms with van der Waals surface area (Å²) in [4.78, 5) is 28.3. The number of rotatable bonds is 5. The zero-order chi connectivity index (χ0) is 14.5. The second-order valence-electron chi connectivity index (χ2n) is 4.92. The van der Waals surface area contributed by atoms with Gasteiger partial charge in [-0.25, -0.2) is 0 Å². The molecule has 1 aromatic heterocycles. The van der Waals surface area contributed by atoms with Crippen LogP contribution in [-0.2, 0) is 16.1 Å². The predicted molar refractivity (Wildman–Crippen MR) is 78.2 cm³/mol. The summed E-state index contributed by atoms with van der Waals surface area (Å²) in [6.45, 7) is 2.77. The lowest BCUT2D eigenvalue weighted by Gasteiger charge is -2.34. The number of nitrogens with one attached hydrogen (secondary N) is 1. The fraction of sp³-hybridized carbons (Fsp3) is 0.538. The van der Waals surface area contributed by atoms with E-state index in [0.717, 1.165) is 11.4 Å². The Labute approximate surface area is 122 Å². The molecule has 1 aromatic rings. The first-order valence-electron chi connectivity index (χ1n) is 6.58. The number of thiophene rings is 1. The van der Waals surface area contributed by atoms with E-state index in [4.69, 9.17) is 5.73 Å². The molecule has 3 N–H and O–H groups in total. The van der Waals surface area contributed by atoms with Crippen molar-refractivity contribution in [1.82, 2.24) is 15.1 Å². The van der Waals surface area contributed by atoms with Crippen molar-refractivity contribution in [2.24, 2.45) is 5.73 Å². The summed E-state index contributed by atoms with van der Waals surface area (Å²) in [6.07, 6.45) is 0. The van der Waals surface area contributed by atoms with Crippen molar-refractivity contribution in [2.75, 3.05) is 33.2 Å². The second kappa shape index (κ2) is 6.83. The summed E-state index contributed by atoms with van der Waals surface area (Å²) in [5.74, 6) is -0.377. The highest BCUT2D eigenvalue weighted by Crippen LogP contribution is 2.11. The average molecular weight is 296 g/mol. The van der Waals surface area contributed by atoms with Gasteiger partial charge in [0, 0.05) is 31.6 Å². The van der Waals surface area contributed by atoms with Crippen molar-refractivity contribution >= 4 is 23.2 Å². The molecule has 0 bridgehead atoms. The summed E-state index contributed by atoms with van der Waals surface area (Å²) < 4.78 is 0. The summed E-state index contributed by atoms with van der Waals surface area (Å²) in [5.41, 5.74) is 5.38. The van der Waals surface area contributed by atoms with E-state index >= 15 is 0 Å². The van der Waals surface area contributed by atoms with Crippen molar-refractivity contribution in [2.45, 2.75) is 12.6 Å². The monoisotopic (exact) mass is 296 g/mol. The zero-order valence-corrected chi connectivity index (χ0v) is 12.4. The van der Waals surface area contributed by atoms with E-state index in [1.807, 2.05) is 22.4 Å². The van der Waals surface area contributed by atoms with E-state index < -0.39 is 6.04 Å². The Balaban J connectivity index is 1.90. The van der Waals surface area contributed by atoms with Crippen molar-refractivity contribution in [1.29, 1.82) is 0 Å². The molecule has 1 saturated heterocycles. The molecule has 0 saturated carbocycles. The van der Waals surface area contributed by atoms with Gasteiger partial charge in [0.25, 0.3) is 0 Å². The smallest absolute Gasteiger partial charge is 0.236 e. The van der Waals surface area contributed by atoms with Gasteiger partial charge < -0.3 is 16.0 Å². The van der Waals surface area contributed by atoms with Crippen LogP contribution in [0, 0.1) is 0 Å². The van der Waals surface area contributed by atoms with Gasteiger partial charge in [-0.2, -0.15) is 0 Å². The third kappa shape index (κ3) is 3.78. The van der Waals surface area contributed by atoms with E-state index in [0.29, 0.717) is 19.6 Å². The Hall–Kier alpha value is -1.44. The molecule has 2 heterocycles. The topological polar surface area (TPSA) is 78.7 Å². The number of carbonyl (C=O) groups excluding carboxylic acids is 2. The lowest BCUT2D eigenvalue weighted by Crippen LogP contribution is -2.58. The molecule has 1 unspecified atom stereocenters. The van der Waals surface area contributed by atoms with Gasteiger partial charge in [0.05, 0.1) is 13.1 Å². The molecule has 1 atom stereocenters. The highest BCUT2D eigenvalue weighted by atomic mass is 32.1. The molecule has 7 heteroatoms. The minimum absolute atomic E-state index is 0.00606. The van der Waals surface area contributed by atoms with Crippen LogP contribution in [0.15, 0.2) is 17.5 Å². The Bertz CT molecular complexity index is 463. The number of carbonyl (C=O) groups is 2. The Morgan fingerprint density at radius 3 is 3.05 bits per heavy atom. The van der Waals surface area contributed by atoms with E-state index in [9.17, 15) is 9.59 Å². The molecule has 0 spiro atoms. The molecule has 20 heavy (non-hydrogen) atoms. The summed E-state index contributed by atoms with van der Waals surface area (Å²) in [6, 6.07) is 3.58. The van der Waals surface area contributed by atoms with Crippen LogP contribution >= 0.6 is 11.3 Å². The maximum Gasteiger partial charge on any atom is 0.236 e. The fourth-order valence-electron chi connectivity index (χ4n) is 2.24. The van der Waals surface area contributed by atoms with Crippen LogP contribution in [0.5, 0.6) is 0 Å². The highest BCUT2D eigenvalue weighted by Gasteiger charge is 2.28. The van der Waals surface area contributed by atoms with E-state index in [-0.39, 0.29) is 18.4 Å². The minimum Gasteiger partial charge on any atom is -0.368 e. The minimum atomic E-state index is -0.400. The number of nitrogens with zero attached hydrogens (tertiary/aromatic N) is 2. The van der Waals surface area contributed by atoms with Crippen molar-refractivity contribution in [3.05, 3.63) is 22.4 Å². The molecule has 0 aromatic carbocycles. The molecule has 0 radical (unpaired) electrons. The quantitative estimate of drug-likeness (QED) is 0.765. The van der Waals surface area contributed by atoms with Crippen molar-refractivity contribution in [3.63, 3.8) is 0 Å². The lowest BCUT2D eigenvalue weighted by atomic mass is 10.2. The van der Waals surface area contributed by atoms with Crippen LogP contribution in [-0.4, -0.2) is 60.9 Å². The maximum absolute atomic E-state index is 12.2. The largest absolute Gasteiger partial charge is 0.368 e. The molecule has 1 aliphatic rings. The normalized spacial score (nSPS) is 19.8. The van der Waals surface area contributed by atoms with Crippen LogP contribution in [0.3, 0.4) is 0 Å².